The van der Waals surface area contributed by atoms with Gasteiger partial charge in [-0.15, -0.1) is 0 Å². The molecule has 114 valence electrons. The summed E-state index contributed by atoms with van der Waals surface area (Å²) in [5.74, 6) is -0.213. The van der Waals surface area contributed by atoms with E-state index in [-0.39, 0.29) is 12.0 Å². The number of carbonyl (C=O) groups is 1. The summed E-state index contributed by atoms with van der Waals surface area (Å²) in [5, 5.41) is 3.56. The number of nitrogens with zero attached hydrogens (tertiary/aromatic N) is 1. The molecule has 2 aliphatic rings. The van der Waals surface area contributed by atoms with Crippen molar-refractivity contribution in [1.29, 1.82) is 0 Å². The number of rotatable bonds is 3. The van der Waals surface area contributed by atoms with Gasteiger partial charge in [0.25, 0.3) is 5.91 Å². The number of hydrogen-bond donors (Lipinski definition) is 1. The highest BCUT2D eigenvalue weighted by Crippen LogP contribution is 2.25. The summed E-state index contributed by atoms with van der Waals surface area (Å²) < 4.78 is 5.82. The number of carbonyl (C=O) groups excluding carboxylic acids is 1. The predicted molar refractivity (Wildman–Crippen MR) is 83.1 cm³/mol. The lowest BCUT2D eigenvalue weighted by atomic mass is 10.1. The van der Waals surface area contributed by atoms with Crippen LogP contribution < -0.4 is 5.32 Å². The van der Waals surface area contributed by atoms with Gasteiger partial charge in [0, 0.05) is 19.1 Å². The molecule has 1 aromatic rings. The zero-order chi connectivity index (χ0) is 14.8. The van der Waals surface area contributed by atoms with Crippen molar-refractivity contribution >= 4 is 29.1 Å². The van der Waals surface area contributed by atoms with Crippen LogP contribution in [0.15, 0.2) is 18.2 Å². The van der Waals surface area contributed by atoms with E-state index >= 15 is 0 Å². The van der Waals surface area contributed by atoms with Crippen LogP contribution >= 0.6 is 23.2 Å². The molecule has 2 fully saturated rings. The second-order valence-electron chi connectivity index (χ2n) is 5.56. The Kier molecular flexibility index (Phi) is 4.69. The maximum atomic E-state index is 12.2. The lowest BCUT2D eigenvalue weighted by Gasteiger charge is -2.35. The van der Waals surface area contributed by atoms with Gasteiger partial charge in [0.2, 0.25) is 0 Å². The highest BCUT2D eigenvalue weighted by Gasteiger charge is 2.32. The minimum absolute atomic E-state index is 0.0428. The maximum absolute atomic E-state index is 12.2. The van der Waals surface area contributed by atoms with E-state index in [1.54, 1.807) is 18.2 Å². The first kappa shape index (κ1) is 15.1. The largest absolute Gasteiger partial charge is 0.373 e. The highest BCUT2D eigenvalue weighted by molar-refractivity contribution is 6.43. The van der Waals surface area contributed by atoms with Crippen molar-refractivity contribution < 1.29 is 9.53 Å². The molecule has 0 unspecified atom stereocenters. The van der Waals surface area contributed by atoms with Crippen LogP contribution in [0.5, 0.6) is 0 Å². The van der Waals surface area contributed by atoms with Crippen molar-refractivity contribution in [3.05, 3.63) is 33.8 Å². The van der Waals surface area contributed by atoms with Crippen LogP contribution in [0.1, 0.15) is 23.2 Å². The Hall–Kier alpha value is -0.810. The smallest absolute Gasteiger partial charge is 0.252 e. The molecule has 3 rings (SSSR count). The zero-order valence-corrected chi connectivity index (χ0v) is 13.2. The van der Waals surface area contributed by atoms with Crippen molar-refractivity contribution in [2.45, 2.75) is 25.0 Å². The monoisotopic (exact) mass is 328 g/mol. The third-order valence-corrected chi connectivity index (χ3v) is 4.97. The average molecular weight is 329 g/mol. The Morgan fingerprint density at radius 2 is 2.29 bits per heavy atom. The van der Waals surface area contributed by atoms with Crippen LogP contribution in [0, 0.1) is 0 Å². The number of morpholine rings is 1. The SMILES string of the molecule is O=C(NC[C@@H]1CN2CCC[C@@H]2CO1)c1cccc(Cl)c1Cl. The zero-order valence-electron chi connectivity index (χ0n) is 11.6. The highest BCUT2D eigenvalue weighted by atomic mass is 35.5. The summed E-state index contributed by atoms with van der Waals surface area (Å²) in [6.45, 7) is 3.27. The third kappa shape index (κ3) is 3.34. The van der Waals surface area contributed by atoms with E-state index in [4.69, 9.17) is 27.9 Å². The van der Waals surface area contributed by atoms with Crippen molar-refractivity contribution in [3.63, 3.8) is 0 Å². The van der Waals surface area contributed by atoms with Crippen molar-refractivity contribution in [3.8, 4) is 0 Å². The summed E-state index contributed by atoms with van der Waals surface area (Å²) in [5.41, 5.74) is 0.402. The Bertz CT molecular complexity index is 538. The molecular formula is C15H18Cl2N2O2. The molecule has 4 nitrogen and oxygen atoms in total. The van der Waals surface area contributed by atoms with E-state index < -0.39 is 0 Å². The van der Waals surface area contributed by atoms with Gasteiger partial charge in [0.15, 0.2) is 0 Å². The standard InChI is InChI=1S/C15H18Cl2N2O2/c16-13-5-1-4-12(14(13)17)15(20)18-7-11-8-19-6-2-3-10(19)9-21-11/h1,4-5,10-11H,2-3,6-9H2,(H,18,20)/t10-,11-/m1/s1. The van der Waals surface area contributed by atoms with E-state index in [0.29, 0.717) is 28.2 Å². The van der Waals surface area contributed by atoms with Gasteiger partial charge in [0.05, 0.1) is 28.3 Å². The number of hydrogen-bond acceptors (Lipinski definition) is 3. The average Bonchev–Trinajstić information content (AvgIpc) is 2.95. The summed E-state index contributed by atoms with van der Waals surface area (Å²) in [4.78, 5) is 14.6. The quantitative estimate of drug-likeness (QED) is 0.927. The molecule has 6 heteroatoms. The fourth-order valence-electron chi connectivity index (χ4n) is 2.99. The minimum atomic E-state index is -0.213. The molecule has 0 aromatic heterocycles. The Morgan fingerprint density at radius 1 is 1.43 bits per heavy atom. The molecule has 0 aliphatic carbocycles. The second kappa shape index (κ2) is 6.53. The molecular weight excluding hydrogens is 311 g/mol. The molecule has 2 aliphatic heterocycles. The van der Waals surface area contributed by atoms with Crippen LogP contribution in [0.3, 0.4) is 0 Å². The van der Waals surface area contributed by atoms with Gasteiger partial charge < -0.3 is 10.1 Å². The van der Waals surface area contributed by atoms with E-state index in [2.05, 4.69) is 10.2 Å². The molecule has 0 radical (unpaired) electrons. The van der Waals surface area contributed by atoms with E-state index in [9.17, 15) is 4.79 Å². The van der Waals surface area contributed by atoms with E-state index in [1.807, 2.05) is 0 Å². The molecule has 0 spiro atoms. The summed E-state index contributed by atoms with van der Waals surface area (Å²) in [7, 11) is 0. The summed E-state index contributed by atoms with van der Waals surface area (Å²) in [6.07, 6.45) is 2.50. The number of halogens is 2. The van der Waals surface area contributed by atoms with Crippen LogP contribution in [0.25, 0.3) is 0 Å². The van der Waals surface area contributed by atoms with Crippen LogP contribution in [-0.4, -0.2) is 49.2 Å². The number of amides is 1. The molecule has 0 bridgehead atoms. The van der Waals surface area contributed by atoms with Crippen LogP contribution in [-0.2, 0) is 4.74 Å². The van der Waals surface area contributed by atoms with Gasteiger partial charge in [0.1, 0.15) is 0 Å². The fourth-order valence-corrected chi connectivity index (χ4v) is 3.38. The summed E-state index contributed by atoms with van der Waals surface area (Å²) >= 11 is 12.0. The molecule has 1 amide bonds. The van der Waals surface area contributed by atoms with Crippen LogP contribution in [0.2, 0.25) is 10.0 Å². The van der Waals surface area contributed by atoms with Gasteiger partial charge in [-0.2, -0.15) is 0 Å². The summed E-state index contributed by atoms with van der Waals surface area (Å²) in [6, 6.07) is 5.62. The molecule has 2 saturated heterocycles. The normalized spacial score (nSPS) is 25.6. The predicted octanol–water partition coefficient (Wildman–Crippen LogP) is 2.59. The number of fused-ring (bicyclic) bond motifs is 1. The van der Waals surface area contributed by atoms with Crippen molar-refractivity contribution in [2.75, 3.05) is 26.2 Å². The van der Waals surface area contributed by atoms with Crippen molar-refractivity contribution in [2.24, 2.45) is 0 Å². The topological polar surface area (TPSA) is 41.6 Å². The van der Waals surface area contributed by atoms with E-state index in [1.165, 1.54) is 12.8 Å². The van der Waals surface area contributed by atoms with Gasteiger partial charge in [-0.25, -0.2) is 0 Å². The van der Waals surface area contributed by atoms with Gasteiger partial charge in [-0.1, -0.05) is 29.3 Å². The molecule has 1 N–H and O–H groups in total. The molecule has 0 saturated carbocycles. The van der Waals surface area contributed by atoms with Gasteiger partial charge >= 0.3 is 0 Å². The third-order valence-electron chi connectivity index (χ3n) is 4.15. The molecule has 21 heavy (non-hydrogen) atoms. The molecule has 1 aromatic carbocycles. The number of benzene rings is 1. The lowest BCUT2D eigenvalue weighted by Crippen LogP contribution is -2.50. The number of ether oxygens (including phenoxy) is 1. The Morgan fingerprint density at radius 3 is 3.14 bits per heavy atom. The second-order valence-corrected chi connectivity index (χ2v) is 6.34. The lowest BCUT2D eigenvalue weighted by molar-refractivity contribution is -0.0461. The first-order chi connectivity index (χ1) is 10.1. The fraction of sp³-hybridized carbons (Fsp3) is 0.533. The van der Waals surface area contributed by atoms with Crippen molar-refractivity contribution in [1.82, 2.24) is 10.2 Å². The minimum Gasteiger partial charge on any atom is -0.373 e. The van der Waals surface area contributed by atoms with Crippen LogP contribution in [0.4, 0.5) is 0 Å². The van der Waals surface area contributed by atoms with E-state index in [0.717, 1.165) is 19.7 Å². The molecule has 2 heterocycles. The maximum Gasteiger partial charge on any atom is 0.252 e. The Balaban J connectivity index is 1.55. The van der Waals surface area contributed by atoms with Gasteiger partial charge in [-0.3, -0.25) is 9.69 Å². The first-order valence-electron chi connectivity index (χ1n) is 7.23. The number of nitrogens with one attached hydrogen (secondary N) is 1. The Labute approximate surface area is 134 Å². The van der Waals surface area contributed by atoms with Gasteiger partial charge in [-0.05, 0) is 31.5 Å². The molecule has 2 atom stereocenters. The first-order valence-corrected chi connectivity index (χ1v) is 7.98.